The second-order valence-corrected chi connectivity index (χ2v) is 5.17. The van der Waals surface area contributed by atoms with Crippen molar-refractivity contribution in [3.63, 3.8) is 0 Å². The van der Waals surface area contributed by atoms with E-state index in [1.165, 1.54) is 0 Å². The van der Waals surface area contributed by atoms with E-state index >= 15 is 0 Å². The monoisotopic (exact) mass is 292 g/mol. The first-order valence-corrected chi connectivity index (χ1v) is 7.25. The molecule has 0 amide bonds. The molecule has 5 heteroatoms. The minimum absolute atomic E-state index is 0.724. The Morgan fingerprint density at radius 2 is 2.10 bits per heavy atom. The molecule has 4 nitrogen and oxygen atoms in total. The lowest BCUT2D eigenvalue weighted by Crippen LogP contribution is -2.23. The van der Waals surface area contributed by atoms with Gasteiger partial charge in [-0.15, -0.1) is 0 Å². The van der Waals surface area contributed by atoms with Crippen LogP contribution in [0, 0.1) is 0 Å². The third-order valence-electron chi connectivity index (χ3n) is 3.46. The number of halogens is 1. The molecular weight excluding hydrogens is 272 g/mol. The molecule has 0 unspecified atom stereocenters. The molecule has 2 aromatic rings. The largest absolute Gasteiger partial charge is 0.399 e. The highest BCUT2D eigenvalue weighted by Crippen LogP contribution is 2.25. The van der Waals surface area contributed by atoms with E-state index < -0.39 is 0 Å². The van der Waals surface area contributed by atoms with Crippen LogP contribution in [0.25, 0.3) is 0 Å². The maximum absolute atomic E-state index is 6.41. The van der Waals surface area contributed by atoms with Gasteiger partial charge in [0.25, 0.3) is 0 Å². The standard InChI is InChI=1S/C15H21ClN4/c1-4-13-15(16)14(19(3)18-13)10-20(5-2)12-8-6-7-11(17)9-12/h6-9H,4-5,10,17H2,1-3H3. The highest BCUT2D eigenvalue weighted by atomic mass is 35.5. The summed E-state index contributed by atoms with van der Waals surface area (Å²) in [5.41, 5.74) is 9.72. The zero-order chi connectivity index (χ0) is 14.7. The summed E-state index contributed by atoms with van der Waals surface area (Å²) >= 11 is 6.41. The number of anilines is 2. The van der Waals surface area contributed by atoms with Crippen molar-refractivity contribution in [2.24, 2.45) is 7.05 Å². The first kappa shape index (κ1) is 14.7. The van der Waals surface area contributed by atoms with Gasteiger partial charge in [-0.1, -0.05) is 24.6 Å². The van der Waals surface area contributed by atoms with Gasteiger partial charge in [0, 0.05) is 25.0 Å². The molecule has 0 aliphatic carbocycles. The van der Waals surface area contributed by atoms with Crippen LogP contribution >= 0.6 is 11.6 Å². The summed E-state index contributed by atoms with van der Waals surface area (Å²) in [5, 5.41) is 5.24. The fraction of sp³-hybridized carbons (Fsp3) is 0.400. The van der Waals surface area contributed by atoms with Crippen molar-refractivity contribution in [3.8, 4) is 0 Å². The third-order valence-corrected chi connectivity index (χ3v) is 3.90. The molecule has 1 aromatic carbocycles. The minimum atomic E-state index is 0.724. The van der Waals surface area contributed by atoms with Crippen LogP contribution in [0.4, 0.5) is 11.4 Å². The van der Waals surface area contributed by atoms with E-state index in [0.29, 0.717) is 0 Å². The Kier molecular flexibility index (Phi) is 4.55. The topological polar surface area (TPSA) is 47.1 Å². The van der Waals surface area contributed by atoms with Gasteiger partial charge in [0.1, 0.15) is 0 Å². The summed E-state index contributed by atoms with van der Waals surface area (Å²) in [7, 11) is 1.94. The highest BCUT2D eigenvalue weighted by Gasteiger charge is 2.16. The van der Waals surface area contributed by atoms with Gasteiger partial charge in [0.05, 0.1) is 23.0 Å². The van der Waals surface area contributed by atoms with E-state index in [4.69, 9.17) is 17.3 Å². The van der Waals surface area contributed by atoms with Gasteiger partial charge in [0.15, 0.2) is 0 Å². The normalized spacial score (nSPS) is 10.8. The number of aryl methyl sites for hydroxylation is 2. The second kappa shape index (κ2) is 6.18. The molecule has 2 rings (SSSR count). The SMILES string of the molecule is CCc1nn(C)c(CN(CC)c2cccc(N)c2)c1Cl. The minimum Gasteiger partial charge on any atom is -0.399 e. The molecule has 0 spiro atoms. The number of rotatable bonds is 5. The molecule has 0 fully saturated rings. The molecule has 0 saturated carbocycles. The maximum Gasteiger partial charge on any atom is 0.0868 e. The van der Waals surface area contributed by atoms with E-state index in [2.05, 4.69) is 29.9 Å². The summed E-state index contributed by atoms with van der Waals surface area (Å²) in [6.45, 7) is 5.79. The lowest BCUT2D eigenvalue weighted by molar-refractivity contribution is 0.678. The molecule has 108 valence electrons. The van der Waals surface area contributed by atoms with Crippen molar-refractivity contribution in [2.75, 3.05) is 17.2 Å². The summed E-state index contributed by atoms with van der Waals surface area (Å²) in [6.07, 6.45) is 0.844. The second-order valence-electron chi connectivity index (χ2n) is 4.79. The predicted octanol–water partition coefficient (Wildman–Crippen LogP) is 3.24. The van der Waals surface area contributed by atoms with E-state index in [9.17, 15) is 0 Å². The van der Waals surface area contributed by atoms with E-state index in [0.717, 1.165) is 47.3 Å². The lowest BCUT2D eigenvalue weighted by atomic mass is 10.2. The van der Waals surface area contributed by atoms with Gasteiger partial charge < -0.3 is 10.6 Å². The van der Waals surface area contributed by atoms with Gasteiger partial charge in [-0.25, -0.2) is 0 Å². The van der Waals surface area contributed by atoms with Gasteiger partial charge in [0.2, 0.25) is 0 Å². The molecular formula is C15H21ClN4. The molecule has 1 aromatic heterocycles. The molecule has 0 aliphatic rings. The molecule has 0 bridgehead atoms. The number of nitrogen functional groups attached to an aromatic ring is 1. The molecule has 20 heavy (non-hydrogen) atoms. The Morgan fingerprint density at radius 3 is 2.65 bits per heavy atom. The summed E-state index contributed by atoms with van der Waals surface area (Å²) < 4.78 is 1.87. The average molecular weight is 293 g/mol. The van der Waals surface area contributed by atoms with Crippen molar-refractivity contribution < 1.29 is 0 Å². The van der Waals surface area contributed by atoms with E-state index in [-0.39, 0.29) is 0 Å². The molecule has 0 atom stereocenters. The first-order chi connectivity index (χ1) is 9.56. The molecule has 2 N–H and O–H groups in total. The van der Waals surface area contributed by atoms with Crippen LogP contribution < -0.4 is 10.6 Å². The van der Waals surface area contributed by atoms with Crippen molar-refractivity contribution >= 4 is 23.0 Å². The fourth-order valence-electron chi connectivity index (χ4n) is 2.28. The number of nitrogens with two attached hydrogens (primary N) is 1. The number of hydrogen-bond donors (Lipinski definition) is 1. The first-order valence-electron chi connectivity index (χ1n) is 6.87. The number of aromatic nitrogens is 2. The van der Waals surface area contributed by atoms with E-state index in [1.54, 1.807) is 0 Å². The maximum atomic E-state index is 6.41. The summed E-state index contributed by atoms with van der Waals surface area (Å²) in [6, 6.07) is 7.90. The van der Waals surface area contributed by atoms with Crippen LogP contribution in [0.5, 0.6) is 0 Å². The van der Waals surface area contributed by atoms with Crippen molar-refractivity contribution in [3.05, 3.63) is 40.7 Å². The van der Waals surface area contributed by atoms with Crippen LogP contribution in [-0.4, -0.2) is 16.3 Å². The predicted molar refractivity (Wildman–Crippen MR) is 85.2 cm³/mol. The van der Waals surface area contributed by atoms with Gasteiger partial charge in [-0.2, -0.15) is 5.10 Å². The van der Waals surface area contributed by atoms with Gasteiger partial charge in [-0.3, -0.25) is 4.68 Å². The quantitative estimate of drug-likeness (QED) is 0.861. The zero-order valence-corrected chi connectivity index (χ0v) is 13.0. The molecule has 0 aliphatic heterocycles. The van der Waals surface area contributed by atoms with Crippen molar-refractivity contribution in [1.82, 2.24) is 9.78 Å². The summed E-state index contributed by atoms with van der Waals surface area (Å²) in [4.78, 5) is 2.23. The smallest absolute Gasteiger partial charge is 0.0868 e. The third kappa shape index (κ3) is 2.90. The van der Waals surface area contributed by atoms with Crippen LogP contribution in [0.1, 0.15) is 25.2 Å². The number of hydrogen-bond acceptors (Lipinski definition) is 3. The Hall–Kier alpha value is -1.68. The average Bonchev–Trinajstić information content (AvgIpc) is 2.71. The lowest BCUT2D eigenvalue weighted by Gasteiger charge is -2.23. The molecule has 1 heterocycles. The van der Waals surface area contributed by atoms with Gasteiger partial charge in [-0.05, 0) is 31.5 Å². The number of benzene rings is 1. The van der Waals surface area contributed by atoms with Crippen LogP contribution in [0.15, 0.2) is 24.3 Å². The van der Waals surface area contributed by atoms with Crippen LogP contribution in [0.3, 0.4) is 0 Å². The molecule has 0 radical (unpaired) electrons. The Bertz CT molecular complexity index is 592. The highest BCUT2D eigenvalue weighted by molar-refractivity contribution is 6.31. The molecule has 0 saturated heterocycles. The zero-order valence-electron chi connectivity index (χ0n) is 12.2. The summed E-state index contributed by atoms with van der Waals surface area (Å²) in [5.74, 6) is 0. The van der Waals surface area contributed by atoms with E-state index in [1.807, 2.05) is 29.9 Å². The van der Waals surface area contributed by atoms with Crippen molar-refractivity contribution in [1.29, 1.82) is 0 Å². The van der Waals surface area contributed by atoms with Crippen molar-refractivity contribution in [2.45, 2.75) is 26.8 Å². The Labute approximate surface area is 125 Å². The van der Waals surface area contributed by atoms with Crippen LogP contribution in [0.2, 0.25) is 5.02 Å². The van der Waals surface area contributed by atoms with Crippen LogP contribution in [-0.2, 0) is 20.0 Å². The fourth-order valence-corrected chi connectivity index (χ4v) is 2.63. The van der Waals surface area contributed by atoms with Gasteiger partial charge >= 0.3 is 0 Å². The Morgan fingerprint density at radius 1 is 1.35 bits per heavy atom. The Balaban J connectivity index is 2.29. The number of nitrogens with zero attached hydrogens (tertiary/aromatic N) is 3.